The van der Waals surface area contributed by atoms with Crippen molar-refractivity contribution in [3.63, 3.8) is 0 Å². The summed E-state index contributed by atoms with van der Waals surface area (Å²) >= 11 is 3.54. The fourth-order valence-corrected chi connectivity index (χ4v) is 3.35. The van der Waals surface area contributed by atoms with E-state index in [1.807, 2.05) is 27.7 Å². The van der Waals surface area contributed by atoms with E-state index >= 15 is 0 Å². The van der Waals surface area contributed by atoms with Gasteiger partial charge < -0.3 is 0 Å². The molecule has 0 saturated heterocycles. The van der Waals surface area contributed by atoms with Crippen LogP contribution >= 0.6 is 23.5 Å². The van der Waals surface area contributed by atoms with Crippen LogP contribution < -0.4 is 10.4 Å². The average Bonchev–Trinajstić information content (AvgIpc) is 2.64. The summed E-state index contributed by atoms with van der Waals surface area (Å²) in [5.74, 6) is 0. The molecule has 0 aromatic heterocycles. The largest absolute Gasteiger partial charge is 0.130 e. The van der Waals surface area contributed by atoms with E-state index in [1.54, 1.807) is 23.5 Å². The quantitative estimate of drug-likeness (QED) is 0.605. The van der Waals surface area contributed by atoms with Crippen molar-refractivity contribution in [3.8, 4) is 0 Å². The summed E-state index contributed by atoms with van der Waals surface area (Å²) in [7, 11) is 0. The van der Waals surface area contributed by atoms with Crippen LogP contribution in [0.25, 0.3) is 12.2 Å². The molecule has 0 spiro atoms. The van der Waals surface area contributed by atoms with Gasteiger partial charge in [-0.05, 0) is 77.8 Å². The molecule has 0 saturated carbocycles. The Balaban J connectivity index is 0.00000123. The molecule has 0 amide bonds. The standard InChI is InChI=1S/C18H20S2.2C2H6/c1-12-10-15(19-4)6-8-17(12)14(3)18-9-7-16(20-5)11-13(18)2;2*1-2/h6-11H,1H2,2-5H3;2*1-2H3/b17-14-;;. The molecule has 2 aromatic carbocycles. The van der Waals surface area contributed by atoms with Crippen molar-refractivity contribution in [1.82, 2.24) is 0 Å². The summed E-state index contributed by atoms with van der Waals surface area (Å²) in [5, 5.41) is 2.34. The van der Waals surface area contributed by atoms with E-state index < -0.39 is 0 Å². The molecule has 0 bridgehead atoms. The SMILES string of the molecule is C=c1cc(SC)cc/c1=C(\C)c1ccc(SC)cc1C.CC.CC. The summed E-state index contributed by atoms with van der Waals surface area (Å²) in [6.07, 6.45) is 4.20. The summed E-state index contributed by atoms with van der Waals surface area (Å²) in [4.78, 5) is 2.58. The topological polar surface area (TPSA) is 0 Å². The summed E-state index contributed by atoms with van der Waals surface area (Å²) in [6.45, 7) is 16.6. The van der Waals surface area contributed by atoms with E-state index in [0.717, 1.165) is 5.22 Å². The lowest BCUT2D eigenvalue weighted by molar-refractivity contribution is 1.30. The first kappa shape index (κ1) is 22.9. The first-order chi connectivity index (χ1) is 11.6. The molecule has 0 fully saturated rings. The van der Waals surface area contributed by atoms with Crippen LogP contribution in [-0.4, -0.2) is 12.5 Å². The summed E-state index contributed by atoms with van der Waals surface area (Å²) in [6, 6.07) is 13.2. The van der Waals surface area contributed by atoms with Gasteiger partial charge in [0.2, 0.25) is 0 Å². The molecule has 0 aliphatic carbocycles. The Labute approximate surface area is 157 Å². The van der Waals surface area contributed by atoms with Crippen molar-refractivity contribution < 1.29 is 0 Å². The molecule has 0 aliphatic rings. The second-order valence-corrected chi connectivity index (χ2v) is 6.59. The van der Waals surface area contributed by atoms with Crippen molar-refractivity contribution in [2.75, 3.05) is 12.5 Å². The molecule has 2 aromatic rings. The van der Waals surface area contributed by atoms with Gasteiger partial charge in [0.25, 0.3) is 0 Å². The predicted molar refractivity (Wildman–Crippen MR) is 117 cm³/mol. The fraction of sp³-hybridized carbons (Fsp3) is 0.364. The molecule has 24 heavy (non-hydrogen) atoms. The van der Waals surface area contributed by atoms with Crippen LogP contribution in [0.2, 0.25) is 0 Å². The Morgan fingerprint density at radius 2 is 1.33 bits per heavy atom. The predicted octanol–water partition coefficient (Wildman–Crippen LogP) is 6.12. The van der Waals surface area contributed by atoms with E-state index in [2.05, 4.69) is 69.3 Å². The highest BCUT2D eigenvalue weighted by Crippen LogP contribution is 2.22. The highest BCUT2D eigenvalue weighted by Gasteiger charge is 2.03. The van der Waals surface area contributed by atoms with Crippen molar-refractivity contribution in [3.05, 3.63) is 58.0 Å². The van der Waals surface area contributed by atoms with E-state index in [4.69, 9.17) is 0 Å². The molecule has 0 atom stereocenters. The van der Waals surface area contributed by atoms with E-state index in [0.29, 0.717) is 0 Å². The molecule has 0 radical (unpaired) electrons. The first-order valence-corrected chi connectivity index (χ1v) is 11.0. The van der Waals surface area contributed by atoms with Gasteiger partial charge in [-0.15, -0.1) is 23.5 Å². The van der Waals surface area contributed by atoms with Crippen LogP contribution in [0.4, 0.5) is 0 Å². The molecule has 0 aliphatic heterocycles. The molecule has 0 N–H and O–H groups in total. The third kappa shape index (κ3) is 6.07. The minimum atomic E-state index is 1.10. The molecule has 2 heteroatoms. The lowest BCUT2D eigenvalue weighted by Gasteiger charge is -2.09. The average molecular weight is 361 g/mol. The smallest absolute Gasteiger partial charge is 0.00753 e. The summed E-state index contributed by atoms with van der Waals surface area (Å²) in [5.41, 5.74) is 3.93. The Morgan fingerprint density at radius 1 is 0.833 bits per heavy atom. The minimum Gasteiger partial charge on any atom is -0.130 e. The number of hydrogen-bond donors (Lipinski definition) is 0. The van der Waals surface area contributed by atoms with Gasteiger partial charge >= 0.3 is 0 Å². The maximum atomic E-state index is 4.20. The number of benzene rings is 2. The lowest BCUT2D eigenvalue weighted by atomic mass is 9.99. The maximum absolute atomic E-state index is 4.20. The third-order valence-electron chi connectivity index (χ3n) is 3.55. The van der Waals surface area contributed by atoms with E-state index in [1.165, 1.54) is 31.7 Å². The third-order valence-corrected chi connectivity index (χ3v) is 5.00. The van der Waals surface area contributed by atoms with Crippen molar-refractivity contribution >= 4 is 35.7 Å². The second kappa shape index (κ2) is 12.3. The van der Waals surface area contributed by atoms with Gasteiger partial charge in [-0.25, -0.2) is 0 Å². The van der Waals surface area contributed by atoms with Crippen LogP contribution in [-0.2, 0) is 0 Å². The normalized spacial score (nSPS) is 10.8. The zero-order valence-corrected chi connectivity index (χ0v) is 18.1. The fourth-order valence-electron chi connectivity index (χ4n) is 2.39. The van der Waals surface area contributed by atoms with Gasteiger partial charge in [-0.2, -0.15) is 0 Å². The Kier molecular flexibility index (Phi) is 11.7. The van der Waals surface area contributed by atoms with Gasteiger partial charge in [0.15, 0.2) is 0 Å². The van der Waals surface area contributed by atoms with Crippen LogP contribution in [0.3, 0.4) is 0 Å². The molecule has 0 heterocycles. The molecule has 0 nitrogen and oxygen atoms in total. The van der Waals surface area contributed by atoms with Crippen LogP contribution in [0.1, 0.15) is 45.7 Å². The molecular formula is C22H32S2. The van der Waals surface area contributed by atoms with Gasteiger partial charge in [0, 0.05) is 9.79 Å². The summed E-state index contributed by atoms with van der Waals surface area (Å²) < 4.78 is 0. The Hall–Kier alpha value is -1.12. The first-order valence-electron chi connectivity index (χ1n) is 8.55. The van der Waals surface area contributed by atoms with Crippen LogP contribution in [0, 0.1) is 6.92 Å². The minimum absolute atomic E-state index is 1.10. The van der Waals surface area contributed by atoms with Crippen molar-refractivity contribution in [1.29, 1.82) is 0 Å². The number of hydrogen-bond acceptors (Lipinski definition) is 2. The zero-order chi connectivity index (χ0) is 18.7. The van der Waals surface area contributed by atoms with Crippen LogP contribution in [0.15, 0.2) is 46.2 Å². The van der Waals surface area contributed by atoms with Crippen molar-refractivity contribution in [2.45, 2.75) is 51.3 Å². The van der Waals surface area contributed by atoms with Gasteiger partial charge in [-0.1, -0.05) is 46.4 Å². The highest BCUT2D eigenvalue weighted by atomic mass is 32.2. The van der Waals surface area contributed by atoms with Gasteiger partial charge in [0.1, 0.15) is 0 Å². The van der Waals surface area contributed by atoms with Crippen LogP contribution in [0.5, 0.6) is 0 Å². The highest BCUT2D eigenvalue weighted by molar-refractivity contribution is 7.98. The Morgan fingerprint density at radius 3 is 1.79 bits per heavy atom. The number of rotatable bonds is 3. The lowest BCUT2D eigenvalue weighted by Crippen LogP contribution is -2.25. The zero-order valence-electron chi connectivity index (χ0n) is 16.5. The van der Waals surface area contributed by atoms with E-state index in [-0.39, 0.29) is 0 Å². The molecular weight excluding hydrogens is 328 g/mol. The molecule has 2 rings (SSSR count). The van der Waals surface area contributed by atoms with Crippen molar-refractivity contribution in [2.24, 2.45) is 0 Å². The monoisotopic (exact) mass is 360 g/mol. The number of aryl methyl sites for hydroxylation is 1. The van der Waals surface area contributed by atoms with E-state index in [9.17, 15) is 0 Å². The second-order valence-electron chi connectivity index (χ2n) is 4.83. The number of thioether (sulfide) groups is 2. The maximum Gasteiger partial charge on any atom is 0.00753 e. The molecule has 0 unspecified atom stereocenters. The molecule has 132 valence electrons. The van der Waals surface area contributed by atoms with Gasteiger partial charge in [0.05, 0.1) is 0 Å². The van der Waals surface area contributed by atoms with Gasteiger partial charge in [-0.3, -0.25) is 0 Å². The Bertz CT molecular complexity index is 730.